The molecule has 1 aromatic rings. The van der Waals surface area contributed by atoms with Gasteiger partial charge in [-0.3, -0.25) is 4.21 Å². The average molecular weight is 261 g/mol. The fourth-order valence-corrected chi connectivity index (χ4v) is 2.60. The number of rotatable bonds is 3. The molecule has 2 N–H and O–H groups in total. The molecule has 5 heteroatoms. The van der Waals surface area contributed by atoms with Crippen molar-refractivity contribution in [1.82, 2.24) is 0 Å². The highest BCUT2D eigenvalue weighted by atomic mass is 32.2. The van der Waals surface area contributed by atoms with Crippen molar-refractivity contribution in [3.8, 4) is 0 Å². The van der Waals surface area contributed by atoms with Crippen LogP contribution in [-0.2, 0) is 10.8 Å². The van der Waals surface area contributed by atoms with Crippen molar-refractivity contribution in [2.24, 2.45) is 11.1 Å². The van der Waals surface area contributed by atoms with E-state index in [-0.39, 0.29) is 22.1 Å². The van der Waals surface area contributed by atoms with Crippen molar-refractivity contribution in [2.75, 3.05) is 5.75 Å². The van der Waals surface area contributed by atoms with Gasteiger partial charge in [-0.05, 0) is 23.6 Å². The van der Waals surface area contributed by atoms with Gasteiger partial charge in [0.15, 0.2) is 11.6 Å². The first-order chi connectivity index (χ1) is 7.71. The van der Waals surface area contributed by atoms with E-state index in [2.05, 4.69) is 0 Å². The molecule has 2 atom stereocenters. The highest BCUT2D eigenvalue weighted by Gasteiger charge is 2.23. The van der Waals surface area contributed by atoms with Crippen LogP contribution in [0.15, 0.2) is 23.1 Å². The van der Waals surface area contributed by atoms with Crippen molar-refractivity contribution >= 4 is 10.8 Å². The molecule has 0 aromatic heterocycles. The van der Waals surface area contributed by atoms with E-state index in [1.165, 1.54) is 6.07 Å². The first-order valence-electron chi connectivity index (χ1n) is 5.31. The lowest BCUT2D eigenvalue weighted by Gasteiger charge is -2.26. The van der Waals surface area contributed by atoms with Gasteiger partial charge < -0.3 is 5.73 Å². The minimum Gasteiger partial charge on any atom is -0.326 e. The van der Waals surface area contributed by atoms with E-state index in [1.807, 2.05) is 20.8 Å². The van der Waals surface area contributed by atoms with Crippen LogP contribution in [0.4, 0.5) is 8.78 Å². The fourth-order valence-electron chi connectivity index (χ4n) is 1.13. The number of benzene rings is 1. The van der Waals surface area contributed by atoms with E-state index >= 15 is 0 Å². The summed E-state index contributed by atoms with van der Waals surface area (Å²) in [6.07, 6.45) is 0. The van der Waals surface area contributed by atoms with E-state index in [1.54, 1.807) is 0 Å². The smallest absolute Gasteiger partial charge is 0.160 e. The molecule has 17 heavy (non-hydrogen) atoms. The van der Waals surface area contributed by atoms with E-state index in [9.17, 15) is 13.0 Å². The summed E-state index contributed by atoms with van der Waals surface area (Å²) in [6, 6.07) is 2.99. The first-order valence-corrected chi connectivity index (χ1v) is 6.62. The third-order valence-electron chi connectivity index (χ3n) is 2.60. The maximum Gasteiger partial charge on any atom is 0.160 e. The van der Waals surface area contributed by atoms with Crippen molar-refractivity contribution < 1.29 is 13.0 Å². The number of hydrogen-bond donors (Lipinski definition) is 1. The van der Waals surface area contributed by atoms with Crippen LogP contribution in [-0.4, -0.2) is 16.0 Å². The predicted octanol–water partition coefficient (Wildman–Crippen LogP) is 2.45. The van der Waals surface area contributed by atoms with Gasteiger partial charge in [-0.25, -0.2) is 8.78 Å². The Labute approximate surface area is 103 Å². The minimum atomic E-state index is -1.41. The van der Waals surface area contributed by atoms with Crippen LogP contribution in [0.2, 0.25) is 0 Å². The quantitative estimate of drug-likeness (QED) is 0.908. The van der Waals surface area contributed by atoms with E-state index in [0.717, 1.165) is 12.1 Å². The Morgan fingerprint density at radius 2 is 1.88 bits per heavy atom. The maximum atomic E-state index is 13.0. The van der Waals surface area contributed by atoms with Crippen LogP contribution < -0.4 is 5.73 Å². The Morgan fingerprint density at radius 3 is 2.35 bits per heavy atom. The molecule has 0 aliphatic rings. The number of hydrogen-bond acceptors (Lipinski definition) is 2. The van der Waals surface area contributed by atoms with Crippen LogP contribution in [0.3, 0.4) is 0 Å². The Morgan fingerprint density at radius 1 is 1.29 bits per heavy atom. The Hall–Kier alpha value is -0.810. The third kappa shape index (κ3) is 3.85. The molecule has 2 unspecified atom stereocenters. The molecular formula is C12H17F2NOS. The molecule has 2 nitrogen and oxygen atoms in total. The Kier molecular flexibility index (Phi) is 4.38. The third-order valence-corrected chi connectivity index (χ3v) is 4.04. The Balaban J connectivity index is 2.80. The molecule has 0 aliphatic heterocycles. The molecule has 0 heterocycles. The van der Waals surface area contributed by atoms with Gasteiger partial charge >= 0.3 is 0 Å². The molecule has 0 amide bonds. The molecule has 0 radical (unpaired) electrons. The second-order valence-electron chi connectivity index (χ2n) is 5.06. The van der Waals surface area contributed by atoms with Gasteiger partial charge in [0.25, 0.3) is 0 Å². The zero-order valence-electron chi connectivity index (χ0n) is 10.2. The largest absolute Gasteiger partial charge is 0.326 e. The van der Waals surface area contributed by atoms with Gasteiger partial charge in [-0.2, -0.15) is 0 Å². The summed E-state index contributed by atoms with van der Waals surface area (Å²) in [7, 11) is -1.41. The molecule has 0 bridgehead atoms. The van der Waals surface area contributed by atoms with Crippen molar-refractivity contribution in [3.63, 3.8) is 0 Å². The summed E-state index contributed by atoms with van der Waals surface area (Å²) in [4.78, 5) is 0.267. The maximum absolute atomic E-state index is 13.0. The Bertz CT molecular complexity index is 429. The number of halogens is 2. The molecule has 0 saturated heterocycles. The summed E-state index contributed by atoms with van der Waals surface area (Å²) < 4.78 is 37.6. The lowest BCUT2D eigenvalue weighted by atomic mass is 9.89. The van der Waals surface area contributed by atoms with Crippen LogP contribution in [0, 0.1) is 17.0 Å². The summed E-state index contributed by atoms with van der Waals surface area (Å²) in [5.74, 6) is -1.69. The molecule has 0 spiro atoms. The normalized spacial score (nSPS) is 15.6. The van der Waals surface area contributed by atoms with Gasteiger partial charge in [0.2, 0.25) is 0 Å². The van der Waals surface area contributed by atoms with Gasteiger partial charge in [-0.1, -0.05) is 20.8 Å². The topological polar surface area (TPSA) is 43.1 Å². The summed E-state index contributed by atoms with van der Waals surface area (Å²) in [5.41, 5.74) is 5.72. The minimum absolute atomic E-state index is 0.172. The zero-order chi connectivity index (χ0) is 13.2. The summed E-state index contributed by atoms with van der Waals surface area (Å²) >= 11 is 0. The first kappa shape index (κ1) is 14.3. The van der Waals surface area contributed by atoms with Crippen molar-refractivity contribution in [1.29, 1.82) is 0 Å². The zero-order valence-corrected chi connectivity index (χ0v) is 11.0. The van der Waals surface area contributed by atoms with Gasteiger partial charge in [0, 0.05) is 16.7 Å². The fraction of sp³-hybridized carbons (Fsp3) is 0.500. The monoisotopic (exact) mass is 261 g/mol. The van der Waals surface area contributed by atoms with Crippen LogP contribution in [0.1, 0.15) is 20.8 Å². The van der Waals surface area contributed by atoms with E-state index < -0.39 is 22.4 Å². The molecule has 0 saturated carbocycles. The highest BCUT2D eigenvalue weighted by molar-refractivity contribution is 7.85. The predicted molar refractivity (Wildman–Crippen MR) is 65.1 cm³/mol. The lowest BCUT2D eigenvalue weighted by molar-refractivity contribution is 0.342. The molecule has 1 rings (SSSR count). The van der Waals surface area contributed by atoms with Gasteiger partial charge in [-0.15, -0.1) is 0 Å². The molecule has 1 aromatic carbocycles. The lowest BCUT2D eigenvalue weighted by Crippen LogP contribution is -2.39. The molecule has 96 valence electrons. The van der Waals surface area contributed by atoms with Crippen LogP contribution in [0.25, 0.3) is 0 Å². The van der Waals surface area contributed by atoms with Crippen LogP contribution in [0.5, 0.6) is 0 Å². The van der Waals surface area contributed by atoms with Crippen LogP contribution >= 0.6 is 0 Å². The van der Waals surface area contributed by atoms with E-state index in [4.69, 9.17) is 5.73 Å². The van der Waals surface area contributed by atoms with Crippen molar-refractivity contribution in [2.45, 2.75) is 31.7 Å². The second kappa shape index (κ2) is 5.23. The molecular weight excluding hydrogens is 244 g/mol. The summed E-state index contributed by atoms with van der Waals surface area (Å²) in [5, 5.41) is 0. The van der Waals surface area contributed by atoms with E-state index in [0.29, 0.717) is 0 Å². The van der Waals surface area contributed by atoms with Crippen molar-refractivity contribution in [3.05, 3.63) is 29.8 Å². The highest BCUT2D eigenvalue weighted by Crippen LogP contribution is 2.20. The second-order valence-corrected chi connectivity index (χ2v) is 6.56. The van der Waals surface area contributed by atoms with Gasteiger partial charge in [0.05, 0.1) is 10.8 Å². The SMILES string of the molecule is CC(C)(C)C(N)CS(=O)c1ccc(F)c(F)c1. The standard InChI is InChI=1S/C12H17F2NOS/c1-12(2,3)11(15)7-17(16)8-4-5-9(13)10(14)6-8/h4-6,11H,7,15H2,1-3H3. The molecule has 0 aliphatic carbocycles. The van der Waals surface area contributed by atoms with Gasteiger partial charge in [0.1, 0.15) is 0 Å². The average Bonchev–Trinajstić information content (AvgIpc) is 2.20. The summed E-state index contributed by atoms with van der Waals surface area (Å²) in [6.45, 7) is 5.83. The number of nitrogens with two attached hydrogens (primary N) is 1. The molecule has 0 fully saturated rings.